The molecule has 1 rings (SSSR count). The number of likely N-dealkylation sites (N-methyl/N-ethyl adjacent to an activating group) is 1. The highest BCUT2D eigenvalue weighted by Crippen LogP contribution is 2.29. The molecule has 0 saturated heterocycles. The summed E-state index contributed by atoms with van der Waals surface area (Å²) in [5, 5.41) is 0. The topological polar surface area (TPSA) is 41.3 Å². The van der Waals surface area contributed by atoms with Crippen LogP contribution < -0.4 is 11.3 Å². The molecule has 0 aliphatic carbocycles. The van der Waals surface area contributed by atoms with Gasteiger partial charge in [-0.15, -0.1) is 0 Å². The summed E-state index contributed by atoms with van der Waals surface area (Å²) in [6.07, 6.45) is 2.86. The number of hydrazine groups is 1. The molecule has 0 saturated carbocycles. The van der Waals surface area contributed by atoms with Gasteiger partial charge < -0.3 is 0 Å². The van der Waals surface area contributed by atoms with Gasteiger partial charge in [-0.3, -0.25) is 16.2 Å². The van der Waals surface area contributed by atoms with Gasteiger partial charge in [0, 0.05) is 11.6 Å². The minimum atomic E-state index is -0.197. The van der Waals surface area contributed by atoms with E-state index in [1.807, 2.05) is 12.1 Å². The second-order valence-corrected chi connectivity index (χ2v) is 5.53. The van der Waals surface area contributed by atoms with E-state index in [-0.39, 0.29) is 17.4 Å². The van der Waals surface area contributed by atoms with Crippen LogP contribution in [0.2, 0.25) is 0 Å². The van der Waals surface area contributed by atoms with Gasteiger partial charge in [0.1, 0.15) is 5.82 Å². The predicted molar refractivity (Wildman–Crippen MR) is 87.4 cm³/mol. The van der Waals surface area contributed by atoms with Crippen molar-refractivity contribution in [1.82, 2.24) is 10.3 Å². The first-order valence-electron chi connectivity index (χ1n) is 8.03. The van der Waals surface area contributed by atoms with Crippen molar-refractivity contribution in [2.24, 2.45) is 5.84 Å². The third-order valence-electron chi connectivity index (χ3n) is 4.82. The molecule has 3 N–H and O–H groups in total. The molecule has 1 aromatic rings. The highest BCUT2D eigenvalue weighted by Gasteiger charge is 2.39. The van der Waals surface area contributed by atoms with Gasteiger partial charge in [-0.25, -0.2) is 4.39 Å². The van der Waals surface area contributed by atoms with Crippen molar-refractivity contribution in [2.45, 2.75) is 58.5 Å². The summed E-state index contributed by atoms with van der Waals surface area (Å²) in [4.78, 5) is 2.49. The van der Waals surface area contributed by atoms with Crippen LogP contribution in [0.5, 0.6) is 0 Å². The third-order valence-corrected chi connectivity index (χ3v) is 4.82. The molecule has 0 radical (unpaired) electrons. The molecule has 0 aliphatic heterocycles. The van der Waals surface area contributed by atoms with Crippen molar-refractivity contribution in [3.63, 3.8) is 0 Å². The number of hydrogen-bond donors (Lipinski definition) is 2. The zero-order chi connectivity index (χ0) is 15.9. The van der Waals surface area contributed by atoms with Crippen LogP contribution in [0.15, 0.2) is 24.3 Å². The van der Waals surface area contributed by atoms with Crippen molar-refractivity contribution in [3.05, 3.63) is 35.6 Å². The SMILES string of the molecule is CCN(CC)C(CC)(CC)C(Cc1ccc(F)cc1)NN. The maximum atomic E-state index is 13.1. The van der Waals surface area contributed by atoms with E-state index in [9.17, 15) is 4.39 Å². The van der Waals surface area contributed by atoms with E-state index in [0.29, 0.717) is 0 Å². The van der Waals surface area contributed by atoms with Crippen LogP contribution in [-0.4, -0.2) is 29.6 Å². The molecule has 4 heteroatoms. The first kappa shape index (κ1) is 18.1. The minimum Gasteiger partial charge on any atom is -0.297 e. The molecule has 0 fully saturated rings. The molecule has 3 nitrogen and oxygen atoms in total. The van der Waals surface area contributed by atoms with E-state index in [4.69, 9.17) is 5.84 Å². The zero-order valence-electron chi connectivity index (χ0n) is 13.8. The number of hydrogen-bond acceptors (Lipinski definition) is 3. The highest BCUT2D eigenvalue weighted by molar-refractivity contribution is 5.19. The van der Waals surface area contributed by atoms with Crippen LogP contribution in [0.1, 0.15) is 46.1 Å². The lowest BCUT2D eigenvalue weighted by molar-refractivity contribution is 0.0492. The largest absolute Gasteiger partial charge is 0.297 e. The summed E-state index contributed by atoms with van der Waals surface area (Å²) in [5.74, 6) is 5.69. The van der Waals surface area contributed by atoms with Gasteiger partial charge in [0.15, 0.2) is 0 Å². The van der Waals surface area contributed by atoms with E-state index >= 15 is 0 Å². The molecule has 1 atom stereocenters. The number of nitrogens with one attached hydrogen (secondary N) is 1. The van der Waals surface area contributed by atoms with E-state index in [1.165, 1.54) is 12.1 Å². The second kappa shape index (κ2) is 8.47. The molecular formula is C17H30FN3. The normalized spacial score (nSPS) is 13.7. The molecule has 0 aliphatic rings. The van der Waals surface area contributed by atoms with Gasteiger partial charge in [-0.1, -0.05) is 39.8 Å². The first-order valence-corrected chi connectivity index (χ1v) is 8.03. The summed E-state index contributed by atoms with van der Waals surface area (Å²) in [6, 6.07) is 6.85. The predicted octanol–water partition coefficient (Wildman–Crippen LogP) is 3.10. The summed E-state index contributed by atoms with van der Waals surface area (Å²) in [7, 11) is 0. The van der Waals surface area contributed by atoms with Crippen LogP contribution in [-0.2, 0) is 6.42 Å². The van der Waals surface area contributed by atoms with E-state index in [1.54, 1.807) is 0 Å². The summed E-state index contributed by atoms with van der Waals surface area (Å²) in [5.41, 5.74) is 4.15. The lowest BCUT2D eigenvalue weighted by Gasteiger charge is -2.48. The first-order chi connectivity index (χ1) is 10.1. The number of halogens is 1. The van der Waals surface area contributed by atoms with Gasteiger partial charge in [0.25, 0.3) is 0 Å². The quantitative estimate of drug-likeness (QED) is 0.543. The minimum absolute atomic E-state index is 0.0205. The van der Waals surface area contributed by atoms with Gasteiger partial charge in [-0.05, 0) is 50.0 Å². The highest BCUT2D eigenvalue weighted by atomic mass is 19.1. The summed E-state index contributed by atoms with van der Waals surface area (Å²) in [6.45, 7) is 10.8. The Balaban J connectivity index is 3.04. The molecule has 1 aromatic carbocycles. The summed E-state index contributed by atoms with van der Waals surface area (Å²) < 4.78 is 13.1. The summed E-state index contributed by atoms with van der Waals surface area (Å²) >= 11 is 0. The standard InChI is InChI=1S/C17H30FN3/c1-5-17(6-2,21(7-3)8-4)16(20-19)13-14-9-11-15(18)12-10-14/h9-12,16,20H,5-8,13,19H2,1-4H3. The van der Waals surface area contributed by atoms with Gasteiger partial charge >= 0.3 is 0 Å². The van der Waals surface area contributed by atoms with E-state index < -0.39 is 0 Å². The molecule has 0 bridgehead atoms. The third kappa shape index (κ3) is 4.02. The van der Waals surface area contributed by atoms with Crippen LogP contribution in [0.3, 0.4) is 0 Å². The average Bonchev–Trinajstić information content (AvgIpc) is 2.52. The fourth-order valence-corrected chi connectivity index (χ4v) is 3.52. The van der Waals surface area contributed by atoms with E-state index in [0.717, 1.165) is 37.9 Å². The fraction of sp³-hybridized carbons (Fsp3) is 0.647. The Bertz CT molecular complexity index is 397. The van der Waals surface area contributed by atoms with Crippen molar-refractivity contribution < 1.29 is 4.39 Å². The van der Waals surface area contributed by atoms with E-state index in [2.05, 4.69) is 38.0 Å². The Labute approximate surface area is 128 Å². The number of benzene rings is 1. The van der Waals surface area contributed by atoms with Gasteiger partial charge in [0.05, 0.1) is 0 Å². The number of rotatable bonds is 9. The van der Waals surface area contributed by atoms with Gasteiger partial charge in [-0.2, -0.15) is 0 Å². The molecule has 21 heavy (non-hydrogen) atoms. The van der Waals surface area contributed by atoms with Crippen molar-refractivity contribution in [1.29, 1.82) is 0 Å². The van der Waals surface area contributed by atoms with Crippen molar-refractivity contribution in [3.8, 4) is 0 Å². The van der Waals surface area contributed by atoms with Crippen molar-refractivity contribution in [2.75, 3.05) is 13.1 Å². The number of nitrogens with zero attached hydrogens (tertiary/aromatic N) is 1. The van der Waals surface area contributed by atoms with Crippen LogP contribution in [0, 0.1) is 5.82 Å². The van der Waals surface area contributed by atoms with Gasteiger partial charge in [0.2, 0.25) is 0 Å². The molecule has 0 aromatic heterocycles. The maximum absolute atomic E-state index is 13.1. The van der Waals surface area contributed by atoms with Crippen molar-refractivity contribution >= 4 is 0 Å². The maximum Gasteiger partial charge on any atom is 0.123 e. The average molecular weight is 295 g/mol. The lowest BCUT2D eigenvalue weighted by Crippen LogP contribution is -2.63. The zero-order valence-corrected chi connectivity index (χ0v) is 13.8. The Morgan fingerprint density at radius 1 is 1.10 bits per heavy atom. The molecule has 120 valence electrons. The lowest BCUT2D eigenvalue weighted by atomic mass is 9.80. The Hall–Kier alpha value is -0.970. The fourth-order valence-electron chi connectivity index (χ4n) is 3.52. The van der Waals surface area contributed by atoms with Crippen LogP contribution >= 0.6 is 0 Å². The Morgan fingerprint density at radius 3 is 2.00 bits per heavy atom. The molecule has 0 heterocycles. The Morgan fingerprint density at radius 2 is 1.62 bits per heavy atom. The monoisotopic (exact) mass is 295 g/mol. The molecule has 1 unspecified atom stereocenters. The van der Waals surface area contributed by atoms with Crippen LogP contribution in [0.25, 0.3) is 0 Å². The molecular weight excluding hydrogens is 265 g/mol. The number of nitrogens with two attached hydrogens (primary N) is 1. The second-order valence-electron chi connectivity index (χ2n) is 5.53. The Kier molecular flexibility index (Phi) is 7.29. The van der Waals surface area contributed by atoms with Crippen LogP contribution in [0.4, 0.5) is 4.39 Å². The molecule has 0 amide bonds. The molecule has 0 spiro atoms. The smallest absolute Gasteiger partial charge is 0.123 e.